The number of nitrogens with one attached hydrogen (secondary N) is 1. The molecule has 7 heteroatoms. The Hall–Kier alpha value is -3.32. The molecule has 0 aliphatic carbocycles. The molecule has 0 bridgehead atoms. The lowest BCUT2D eigenvalue weighted by Crippen LogP contribution is -2.29. The van der Waals surface area contributed by atoms with E-state index in [2.05, 4.69) is 18.3 Å². The number of carbonyl (C=O) groups excluding carboxylic acids is 1. The fourth-order valence-corrected chi connectivity index (χ4v) is 4.50. The Kier molecular flexibility index (Phi) is 8.34. The number of ether oxygens (including phenoxy) is 1. The largest absolute Gasteiger partial charge is 0.491 e. The Balaban J connectivity index is 1.57. The zero-order valence-corrected chi connectivity index (χ0v) is 21.0. The van der Waals surface area contributed by atoms with Crippen LogP contribution in [0.5, 0.6) is 5.75 Å². The van der Waals surface area contributed by atoms with Gasteiger partial charge in [0, 0.05) is 5.56 Å². The number of hydrogen-bond acceptors (Lipinski definition) is 4. The van der Waals surface area contributed by atoms with Crippen LogP contribution in [0.1, 0.15) is 39.5 Å². The highest BCUT2D eigenvalue weighted by atomic mass is 32.2. The van der Waals surface area contributed by atoms with Gasteiger partial charge in [0.25, 0.3) is 5.91 Å². The lowest BCUT2D eigenvalue weighted by atomic mass is 10.1. The summed E-state index contributed by atoms with van der Waals surface area (Å²) in [6, 6.07) is 20.5. The van der Waals surface area contributed by atoms with E-state index >= 15 is 0 Å². The molecule has 3 aromatic rings. The first-order valence-corrected chi connectivity index (χ1v) is 13.2. The highest BCUT2D eigenvalue weighted by Crippen LogP contribution is 2.22. The van der Waals surface area contributed by atoms with Crippen LogP contribution < -0.4 is 14.4 Å². The Morgan fingerprint density at radius 2 is 1.59 bits per heavy atom. The average Bonchev–Trinajstić information content (AvgIpc) is 2.81. The van der Waals surface area contributed by atoms with E-state index in [1.165, 1.54) is 16.1 Å². The number of amides is 1. The monoisotopic (exact) mass is 480 g/mol. The highest BCUT2D eigenvalue weighted by Gasteiger charge is 2.18. The quantitative estimate of drug-likeness (QED) is 0.429. The van der Waals surface area contributed by atoms with Gasteiger partial charge in [0.15, 0.2) is 0 Å². The molecule has 0 aliphatic heterocycles. The van der Waals surface area contributed by atoms with Gasteiger partial charge in [0.2, 0.25) is 10.0 Å². The van der Waals surface area contributed by atoms with Crippen molar-refractivity contribution in [1.82, 2.24) is 5.32 Å². The zero-order chi connectivity index (χ0) is 24.7. The molecule has 0 fully saturated rings. The van der Waals surface area contributed by atoms with Crippen molar-refractivity contribution >= 4 is 21.6 Å². The number of nitrogens with zero attached hydrogens (tertiary/aromatic N) is 1. The number of carbonyl (C=O) groups is 1. The van der Waals surface area contributed by atoms with Crippen molar-refractivity contribution in [2.24, 2.45) is 0 Å². The summed E-state index contributed by atoms with van der Waals surface area (Å²) in [6.45, 7) is 7.02. The lowest BCUT2D eigenvalue weighted by Gasteiger charge is -2.23. The predicted molar refractivity (Wildman–Crippen MR) is 137 cm³/mol. The molecule has 1 amide bonds. The van der Waals surface area contributed by atoms with E-state index in [-0.39, 0.29) is 12.5 Å². The smallest absolute Gasteiger partial charge is 0.251 e. The number of aryl methyl sites for hydroxylation is 3. The summed E-state index contributed by atoms with van der Waals surface area (Å²) < 4.78 is 31.9. The third-order valence-electron chi connectivity index (χ3n) is 5.55. The van der Waals surface area contributed by atoms with E-state index in [9.17, 15) is 13.2 Å². The van der Waals surface area contributed by atoms with Crippen LogP contribution in [0, 0.1) is 13.8 Å². The molecule has 3 aromatic carbocycles. The number of benzene rings is 3. The van der Waals surface area contributed by atoms with Gasteiger partial charge in [-0.1, -0.05) is 48.9 Å². The fraction of sp³-hybridized carbons (Fsp3) is 0.296. The highest BCUT2D eigenvalue weighted by molar-refractivity contribution is 7.92. The van der Waals surface area contributed by atoms with E-state index in [0.29, 0.717) is 24.4 Å². The molecule has 180 valence electrons. The van der Waals surface area contributed by atoms with E-state index in [0.717, 1.165) is 28.9 Å². The van der Waals surface area contributed by atoms with Crippen molar-refractivity contribution in [3.05, 3.63) is 94.5 Å². The molecular weight excluding hydrogens is 448 g/mol. The predicted octanol–water partition coefficient (Wildman–Crippen LogP) is 4.64. The third kappa shape index (κ3) is 6.84. The fourth-order valence-electron chi connectivity index (χ4n) is 3.61. The molecule has 0 atom stereocenters. The van der Waals surface area contributed by atoms with Gasteiger partial charge >= 0.3 is 0 Å². The van der Waals surface area contributed by atoms with Crippen molar-refractivity contribution in [3.8, 4) is 5.75 Å². The first kappa shape index (κ1) is 25.3. The number of rotatable bonds is 10. The Morgan fingerprint density at radius 1 is 0.941 bits per heavy atom. The van der Waals surface area contributed by atoms with Crippen molar-refractivity contribution in [2.45, 2.75) is 33.7 Å². The van der Waals surface area contributed by atoms with Crippen LogP contribution >= 0.6 is 0 Å². The SMILES string of the molecule is CCc1ccc(N(Cc2ccc(C(=O)NCCOc3ccc(C)cc3C)cc2)S(C)(=O)=O)cc1. The third-order valence-corrected chi connectivity index (χ3v) is 6.69. The maximum atomic E-state index is 12.5. The summed E-state index contributed by atoms with van der Waals surface area (Å²) in [5.41, 5.74) is 5.30. The van der Waals surface area contributed by atoms with E-state index in [1.54, 1.807) is 24.3 Å². The number of anilines is 1. The van der Waals surface area contributed by atoms with E-state index in [4.69, 9.17) is 4.74 Å². The minimum Gasteiger partial charge on any atom is -0.491 e. The van der Waals surface area contributed by atoms with Gasteiger partial charge in [-0.15, -0.1) is 0 Å². The number of sulfonamides is 1. The standard InChI is InChI=1S/C27H32N2O4S/c1-5-22-9-13-25(14-10-22)29(34(4,31)32)19-23-7-11-24(12-8-23)27(30)28-16-17-33-26-15-6-20(2)18-21(26)3/h6-15,18H,5,16-17,19H2,1-4H3,(H,28,30). The lowest BCUT2D eigenvalue weighted by molar-refractivity contribution is 0.0947. The van der Waals surface area contributed by atoms with Gasteiger partial charge in [-0.05, 0) is 67.3 Å². The van der Waals surface area contributed by atoms with Crippen molar-refractivity contribution < 1.29 is 17.9 Å². The van der Waals surface area contributed by atoms with Crippen LogP contribution in [-0.2, 0) is 23.0 Å². The van der Waals surface area contributed by atoms with Crippen LogP contribution in [0.2, 0.25) is 0 Å². The second-order valence-corrected chi connectivity index (χ2v) is 10.3. The van der Waals surface area contributed by atoms with Gasteiger partial charge in [0.1, 0.15) is 12.4 Å². The average molecular weight is 481 g/mol. The zero-order valence-electron chi connectivity index (χ0n) is 20.2. The second kappa shape index (κ2) is 11.2. The molecular formula is C27H32N2O4S. The van der Waals surface area contributed by atoms with Crippen LogP contribution in [0.3, 0.4) is 0 Å². The molecule has 6 nitrogen and oxygen atoms in total. The van der Waals surface area contributed by atoms with Gasteiger partial charge in [0.05, 0.1) is 25.0 Å². The summed E-state index contributed by atoms with van der Waals surface area (Å²) in [6.07, 6.45) is 2.09. The summed E-state index contributed by atoms with van der Waals surface area (Å²) in [5, 5.41) is 2.85. The minimum absolute atomic E-state index is 0.190. The van der Waals surface area contributed by atoms with Crippen LogP contribution in [0.25, 0.3) is 0 Å². The molecule has 1 N–H and O–H groups in total. The summed E-state index contributed by atoms with van der Waals surface area (Å²) >= 11 is 0. The van der Waals surface area contributed by atoms with E-state index < -0.39 is 10.0 Å². The Labute approximate surface area is 202 Å². The topological polar surface area (TPSA) is 75.7 Å². The summed E-state index contributed by atoms with van der Waals surface area (Å²) in [7, 11) is -3.47. The van der Waals surface area contributed by atoms with Crippen molar-refractivity contribution in [1.29, 1.82) is 0 Å². The normalized spacial score (nSPS) is 11.2. The van der Waals surface area contributed by atoms with Gasteiger partial charge in [-0.2, -0.15) is 0 Å². The molecule has 0 spiro atoms. The molecule has 3 rings (SSSR count). The van der Waals surface area contributed by atoms with E-state index in [1.807, 2.05) is 50.2 Å². The van der Waals surface area contributed by atoms with Gasteiger partial charge < -0.3 is 10.1 Å². The van der Waals surface area contributed by atoms with Gasteiger partial charge in [-0.3, -0.25) is 9.10 Å². The molecule has 34 heavy (non-hydrogen) atoms. The molecule has 0 aliphatic rings. The minimum atomic E-state index is -3.47. The van der Waals surface area contributed by atoms with Gasteiger partial charge in [-0.25, -0.2) is 8.42 Å². The van der Waals surface area contributed by atoms with Crippen LogP contribution in [0.15, 0.2) is 66.7 Å². The summed E-state index contributed by atoms with van der Waals surface area (Å²) in [5.74, 6) is 0.606. The summed E-state index contributed by atoms with van der Waals surface area (Å²) in [4.78, 5) is 12.5. The first-order valence-electron chi connectivity index (χ1n) is 11.3. The first-order chi connectivity index (χ1) is 16.2. The van der Waals surface area contributed by atoms with Crippen molar-refractivity contribution in [2.75, 3.05) is 23.7 Å². The number of hydrogen-bond donors (Lipinski definition) is 1. The maximum Gasteiger partial charge on any atom is 0.251 e. The Morgan fingerprint density at radius 3 is 2.18 bits per heavy atom. The Bertz CT molecular complexity index is 1220. The second-order valence-electron chi connectivity index (χ2n) is 8.36. The molecule has 0 saturated heterocycles. The molecule has 0 unspecified atom stereocenters. The van der Waals surface area contributed by atoms with Crippen LogP contribution in [-0.4, -0.2) is 33.7 Å². The molecule has 0 heterocycles. The van der Waals surface area contributed by atoms with Crippen LogP contribution in [0.4, 0.5) is 5.69 Å². The molecule has 0 saturated carbocycles. The molecule has 0 radical (unpaired) electrons. The van der Waals surface area contributed by atoms with Crippen molar-refractivity contribution in [3.63, 3.8) is 0 Å². The maximum absolute atomic E-state index is 12.5. The molecule has 0 aromatic heterocycles.